The summed E-state index contributed by atoms with van der Waals surface area (Å²) >= 11 is 0. The number of ether oxygens (including phenoxy) is 4. The summed E-state index contributed by atoms with van der Waals surface area (Å²) in [5.41, 5.74) is 0.357. The van der Waals surface area contributed by atoms with E-state index in [1.54, 1.807) is 12.1 Å². The second-order valence-electron chi connectivity index (χ2n) is 4.86. The minimum atomic E-state index is -0.678. The van der Waals surface area contributed by atoms with Crippen LogP contribution in [0, 0.1) is 0 Å². The minimum absolute atomic E-state index is 0.179. The molecule has 0 saturated heterocycles. The van der Waals surface area contributed by atoms with Crippen LogP contribution >= 0.6 is 0 Å². The molecule has 0 aliphatic carbocycles. The van der Waals surface area contributed by atoms with Gasteiger partial charge >= 0.3 is 0 Å². The fraction of sp³-hybridized carbons (Fsp3) is 0.222. The molecule has 2 aromatic carbocycles. The highest BCUT2D eigenvalue weighted by Gasteiger charge is 2.21. The molecule has 0 aliphatic heterocycles. The molecule has 0 N–H and O–H groups in total. The molecule has 2 rings (SSSR count). The van der Waals surface area contributed by atoms with E-state index in [9.17, 15) is 9.59 Å². The molecule has 0 aromatic heterocycles. The smallest absolute Gasteiger partial charge is 0.233 e. The Morgan fingerprint density at radius 2 is 0.792 bits per heavy atom. The zero-order valence-electron chi connectivity index (χ0n) is 13.9. The SMILES string of the molecule is COc1cc(OC)cc(C(=O)C(=O)c2cc(OC)cc(OC)c2)c1. The monoisotopic (exact) mass is 330 g/mol. The molecule has 0 saturated carbocycles. The van der Waals surface area contributed by atoms with Gasteiger partial charge in [-0.15, -0.1) is 0 Å². The minimum Gasteiger partial charge on any atom is -0.497 e. The van der Waals surface area contributed by atoms with Crippen LogP contribution in [0.4, 0.5) is 0 Å². The lowest BCUT2D eigenvalue weighted by Gasteiger charge is -2.09. The van der Waals surface area contributed by atoms with Crippen molar-refractivity contribution in [2.24, 2.45) is 0 Å². The predicted molar refractivity (Wildman–Crippen MR) is 87.8 cm³/mol. The summed E-state index contributed by atoms with van der Waals surface area (Å²) in [6, 6.07) is 9.19. The van der Waals surface area contributed by atoms with Gasteiger partial charge in [-0.1, -0.05) is 0 Å². The first-order valence-electron chi connectivity index (χ1n) is 7.07. The standard InChI is InChI=1S/C18H18O6/c1-21-13-5-11(6-14(9-13)22-2)17(19)18(20)12-7-15(23-3)10-16(8-12)24-4/h5-10H,1-4H3. The maximum absolute atomic E-state index is 12.5. The van der Waals surface area contributed by atoms with Crippen molar-refractivity contribution in [1.29, 1.82) is 0 Å². The Bertz CT molecular complexity index is 656. The van der Waals surface area contributed by atoms with Crippen LogP contribution in [0.3, 0.4) is 0 Å². The maximum atomic E-state index is 12.5. The van der Waals surface area contributed by atoms with Crippen LogP contribution in [0.25, 0.3) is 0 Å². The number of carbonyl (C=O) groups is 2. The Kier molecular flexibility index (Phi) is 5.42. The van der Waals surface area contributed by atoms with E-state index in [4.69, 9.17) is 18.9 Å². The first-order chi connectivity index (χ1) is 11.5. The first-order valence-corrected chi connectivity index (χ1v) is 7.07. The predicted octanol–water partition coefficient (Wildman–Crippen LogP) is 2.79. The van der Waals surface area contributed by atoms with Crippen molar-refractivity contribution in [1.82, 2.24) is 0 Å². The molecule has 6 heteroatoms. The van der Waals surface area contributed by atoms with Crippen LogP contribution in [0.1, 0.15) is 20.7 Å². The summed E-state index contributed by atoms with van der Waals surface area (Å²) in [6.45, 7) is 0. The van der Waals surface area contributed by atoms with Crippen molar-refractivity contribution in [3.05, 3.63) is 47.5 Å². The van der Waals surface area contributed by atoms with Crippen LogP contribution in [-0.4, -0.2) is 40.0 Å². The van der Waals surface area contributed by atoms with Crippen LogP contribution in [0.15, 0.2) is 36.4 Å². The maximum Gasteiger partial charge on any atom is 0.233 e. The number of benzene rings is 2. The third kappa shape index (κ3) is 3.65. The van der Waals surface area contributed by atoms with E-state index in [2.05, 4.69) is 0 Å². The van der Waals surface area contributed by atoms with Crippen LogP contribution in [0.5, 0.6) is 23.0 Å². The normalized spacial score (nSPS) is 10.0. The van der Waals surface area contributed by atoms with Crippen LogP contribution < -0.4 is 18.9 Å². The van der Waals surface area contributed by atoms with Gasteiger partial charge in [0.05, 0.1) is 28.4 Å². The molecular weight excluding hydrogens is 312 g/mol. The van der Waals surface area contributed by atoms with E-state index >= 15 is 0 Å². The zero-order valence-corrected chi connectivity index (χ0v) is 13.9. The highest BCUT2D eigenvalue weighted by atomic mass is 16.5. The number of hydrogen-bond donors (Lipinski definition) is 0. The second kappa shape index (κ2) is 7.50. The lowest BCUT2D eigenvalue weighted by Crippen LogP contribution is -2.15. The van der Waals surface area contributed by atoms with Gasteiger partial charge in [0.2, 0.25) is 11.6 Å². The summed E-state index contributed by atoms with van der Waals surface area (Å²) in [5.74, 6) is 0.343. The molecule has 0 aliphatic rings. The van der Waals surface area contributed by atoms with Gasteiger partial charge in [0.25, 0.3) is 0 Å². The summed E-state index contributed by atoms with van der Waals surface area (Å²) in [7, 11) is 5.88. The molecule has 0 fully saturated rings. The largest absolute Gasteiger partial charge is 0.497 e. The van der Waals surface area contributed by atoms with Gasteiger partial charge in [0.15, 0.2) is 0 Å². The van der Waals surface area contributed by atoms with E-state index in [0.717, 1.165) is 0 Å². The van der Waals surface area contributed by atoms with E-state index in [1.807, 2.05) is 0 Å². The Hall–Kier alpha value is -3.02. The van der Waals surface area contributed by atoms with Gasteiger partial charge in [-0.2, -0.15) is 0 Å². The van der Waals surface area contributed by atoms with Gasteiger partial charge in [-0.25, -0.2) is 0 Å². The zero-order chi connectivity index (χ0) is 17.7. The summed E-state index contributed by atoms with van der Waals surface area (Å²) in [5, 5.41) is 0. The molecule has 0 unspecified atom stereocenters. The average Bonchev–Trinajstić information content (AvgIpc) is 2.65. The van der Waals surface area contributed by atoms with E-state index < -0.39 is 11.6 Å². The van der Waals surface area contributed by atoms with E-state index in [1.165, 1.54) is 52.7 Å². The Labute approximate surface area is 139 Å². The highest BCUT2D eigenvalue weighted by Crippen LogP contribution is 2.26. The Morgan fingerprint density at radius 1 is 0.542 bits per heavy atom. The fourth-order valence-electron chi connectivity index (χ4n) is 2.14. The summed E-state index contributed by atoms with van der Waals surface area (Å²) in [4.78, 5) is 25.1. The number of hydrogen-bond acceptors (Lipinski definition) is 6. The molecular formula is C18H18O6. The number of rotatable bonds is 7. The van der Waals surface area contributed by atoms with Crippen molar-refractivity contribution in [2.45, 2.75) is 0 Å². The third-order valence-corrected chi connectivity index (χ3v) is 3.43. The fourth-order valence-corrected chi connectivity index (χ4v) is 2.14. The van der Waals surface area contributed by atoms with Gasteiger partial charge in [0.1, 0.15) is 23.0 Å². The van der Waals surface area contributed by atoms with Crippen molar-refractivity contribution in [3.8, 4) is 23.0 Å². The van der Waals surface area contributed by atoms with Gasteiger partial charge in [0, 0.05) is 23.3 Å². The van der Waals surface area contributed by atoms with E-state index in [0.29, 0.717) is 23.0 Å². The van der Waals surface area contributed by atoms with Gasteiger partial charge in [-0.05, 0) is 24.3 Å². The number of Topliss-reactive ketones (excluding diaryl/α,β-unsaturated/α-hetero) is 2. The van der Waals surface area contributed by atoms with Crippen molar-refractivity contribution in [2.75, 3.05) is 28.4 Å². The molecule has 6 nitrogen and oxygen atoms in total. The average molecular weight is 330 g/mol. The lowest BCUT2D eigenvalue weighted by atomic mass is 10.0. The van der Waals surface area contributed by atoms with E-state index in [-0.39, 0.29) is 11.1 Å². The molecule has 0 heterocycles. The highest BCUT2D eigenvalue weighted by molar-refractivity contribution is 6.49. The number of methoxy groups -OCH3 is 4. The van der Waals surface area contributed by atoms with Gasteiger partial charge < -0.3 is 18.9 Å². The molecule has 24 heavy (non-hydrogen) atoms. The quantitative estimate of drug-likeness (QED) is 0.574. The van der Waals surface area contributed by atoms with Crippen molar-refractivity contribution < 1.29 is 28.5 Å². The van der Waals surface area contributed by atoms with Crippen molar-refractivity contribution in [3.63, 3.8) is 0 Å². The third-order valence-electron chi connectivity index (χ3n) is 3.43. The topological polar surface area (TPSA) is 71.1 Å². The number of ketones is 2. The molecule has 126 valence electrons. The molecule has 0 radical (unpaired) electrons. The lowest BCUT2D eigenvalue weighted by molar-refractivity contribution is 0.0816. The Morgan fingerprint density at radius 3 is 1.00 bits per heavy atom. The molecule has 0 bridgehead atoms. The molecule has 0 amide bonds. The number of carbonyl (C=O) groups excluding carboxylic acids is 2. The van der Waals surface area contributed by atoms with Crippen LogP contribution in [0.2, 0.25) is 0 Å². The Balaban J connectivity index is 2.41. The molecule has 0 atom stereocenters. The summed E-state index contributed by atoms with van der Waals surface area (Å²) < 4.78 is 20.5. The second-order valence-corrected chi connectivity index (χ2v) is 4.86. The molecule has 2 aromatic rings. The van der Waals surface area contributed by atoms with Gasteiger partial charge in [-0.3, -0.25) is 9.59 Å². The van der Waals surface area contributed by atoms with Crippen molar-refractivity contribution >= 4 is 11.6 Å². The summed E-state index contributed by atoms with van der Waals surface area (Å²) in [6.07, 6.45) is 0. The van der Waals surface area contributed by atoms with Crippen LogP contribution in [-0.2, 0) is 0 Å². The first kappa shape index (κ1) is 17.3. The molecule has 0 spiro atoms.